The van der Waals surface area contributed by atoms with E-state index < -0.39 is 24.0 Å². The Hall–Kier alpha value is -3.00. The van der Waals surface area contributed by atoms with Gasteiger partial charge in [-0.05, 0) is 65.2 Å². The number of ether oxygens (including phenoxy) is 2. The van der Waals surface area contributed by atoms with Crippen LogP contribution in [0.2, 0.25) is 0 Å². The molecule has 0 aliphatic rings. The fraction of sp³-hybridized carbons (Fsp3) is 0.692. The summed E-state index contributed by atoms with van der Waals surface area (Å²) in [6, 6.07) is -1.24. The van der Waals surface area contributed by atoms with Crippen LogP contribution in [0.1, 0.15) is 91.9 Å². The number of hydrogen-bond donors (Lipinski definition) is 2. The molecular formula is C26H40N2O6. The predicted molar refractivity (Wildman–Crippen MR) is 130 cm³/mol. The first kappa shape index (κ1) is 31.0. The Balaban J connectivity index is 3.71. The van der Waals surface area contributed by atoms with Crippen molar-refractivity contribution in [2.75, 3.05) is 13.2 Å². The van der Waals surface area contributed by atoms with Gasteiger partial charge in [-0.1, -0.05) is 24.7 Å². The third-order valence-electron chi connectivity index (χ3n) is 4.69. The molecule has 34 heavy (non-hydrogen) atoms. The Bertz CT molecular complexity index is 693. The Morgan fingerprint density at radius 3 is 1.38 bits per heavy atom. The van der Waals surface area contributed by atoms with Crippen LogP contribution >= 0.6 is 0 Å². The molecule has 0 saturated carbocycles. The third-order valence-corrected chi connectivity index (χ3v) is 4.69. The minimum Gasteiger partial charge on any atom is -0.464 e. The maximum atomic E-state index is 11.8. The fourth-order valence-electron chi connectivity index (χ4n) is 2.84. The highest BCUT2D eigenvalue weighted by Crippen LogP contribution is 2.04. The number of hydrogen-bond acceptors (Lipinski definition) is 6. The van der Waals surface area contributed by atoms with Gasteiger partial charge >= 0.3 is 11.9 Å². The zero-order chi connectivity index (χ0) is 25.6. The Morgan fingerprint density at radius 2 is 1.03 bits per heavy atom. The first-order valence-electron chi connectivity index (χ1n) is 12.2. The van der Waals surface area contributed by atoms with Crippen molar-refractivity contribution in [1.29, 1.82) is 0 Å². The fourth-order valence-corrected chi connectivity index (χ4v) is 2.84. The molecule has 190 valence electrons. The van der Waals surface area contributed by atoms with Crippen molar-refractivity contribution >= 4 is 23.8 Å². The molecule has 2 atom stereocenters. The summed E-state index contributed by atoms with van der Waals surface area (Å²) in [4.78, 5) is 46.5. The summed E-state index contributed by atoms with van der Waals surface area (Å²) < 4.78 is 9.70. The maximum Gasteiger partial charge on any atom is 0.328 e. The molecule has 2 unspecified atom stereocenters. The number of rotatable bonds is 16. The van der Waals surface area contributed by atoms with Gasteiger partial charge in [0.1, 0.15) is 12.1 Å². The second-order valence-electron chi connectivity index (χ2n) is 7.81. The average molecular weight is 477 g/mol. The van der Waals surface area contributed by atoms with Gasteiger partial charge in [0.15, 0.2) is 0 Å². The topological polar surface area (TPSA) is 111 Å². The minimum absolute atomic E-state index is 0.149. The van der Waals surface area contributed by atoms with Gasteiger partial charge < -0.3 is 20.1 Å². The van der Waals surface area contributed by atoms with Gasteiger partial charge in [0.25, 0.3) is 0 Å². The summed E-state index contributed by atoms with van der Waals surface area (Å²) in [5, 5.41) is 5.26. The SMILES string of the molecule is CCOC(=O)C(C)NC(=O)CCCCCC#CC#CCCCCCC(=O)NC(C)C(=O)OCC. The minimum atomic E-state index is -0.622. The van der Waals surface area contributed by atoms with E-state index in [-0.39, 0.29) is 11.8 Å². The molecule has 8 heteroatoms. The number of esters is 2. The number of amides is 2. The number of carbonyl (C=O) groups excluding carboxylic acids is 4. The predicted octanol–water partition coefficient (Wildman–Crippen LogP) is 3.03. The van der Waals surface area contributed by atoms with Gasteiger partial charge in [-0.15, -0.1) is 0 Å². The largest absolute Gasteiger partial charge is 0.464 e. The molecule has 0 heterocycles. The highest BCUT2D eigenvalue weighted by molar-refractivity contribution is 5.84. The van der Waals surface area contributed by atoms with Crippen LogP contribution in [0.15, 0.2) is 0 Å². The van der Waals surface area contributed by atoms with Crippen molar-refractivity contribution in [3.8, 4) is 23.7 Å². The lowest BCUT2D eigenvalue weighted by molar-refractivity contribution is -0.147. The van der Waals surface area contributed by atoms with E-state index in [2.05, 4.69) is 34.3 Å². The Kier molecular flexibility index (Phi) is 18.8. The lowest BCUT2D eigenvalue weighted by Crippen LogP contribution is -2.39. The van der Waals surface area contributed by atoms with Crippen molar-refractivity contribution in [2.45, 2.75) is 104 Å². The summed E-state index contributed by atoms with van der Waals surface area (Å²) >= 11 is 0. The summed E-state index contributed by atoms with van der Waals surface area (Å²) in [5.41, 5.74) is 0. The van der Waals surface area contributed by atoms with Crippen LogP contribution in [-0.2, 0) is 28.7 Å². The van der Waals surface area contributed by atoms with Crippen molar-refractivity contribution in [1.82, 2.24) is 10.6 Å². The second kappa shape index (κ2) is 20.6. The van der Waals surface area contributed by atoms with Crippen LogP contribution in [-0.4, -0.2) is 49.1 Å². The Morgan fingerprint density at radius 1 is 0.647 bits per heavy atom. The summed E-state index contributed by atoms with van der Waals surface area (Å²) in [7, 11) is 0. The molecule has 0 aliphatic carbocycles. The maximum absolute atomic E-state index is 11.8. The third kappa shape index (κ3) is 17.5. The molecule has 0 aromatic rings. The van der Waals surface area contributed by atoms with E-state index in [1.807, 2.05) is 0 Å². The van der Waals surface area contributed by atoms with Gasteiger partial charge in [0, 0.05) is 25.7 Å². The normalized spacial score (nSPS) is 11.5. The van der Waals surface area contributed by atoms with E-state index >= 15 is 0 Å². The van der Waals surface area contributed by atoms with Crippen molar-refractivity contribution in [3.05, 3.63) is 0 Å². The molecule has 0 aromatic carbocycles. The van der Waals surface area contributed by atoms with E-state index in [9.17, 15) is 19.2 Å². The van der Waals surface area contributed by atoms with E-state index in [0.717, 1.165) is 51.4 Å². The molecule has 0 fully saturated rings. The smallest absolute Gasteiger partial charge is 0.328 e. The highest BCUT2D eigenvalue weighted by Gasteiger charge is 2.16. The van der Waals surface area contributed by atoms with Crippen LogP contribution < -0.4 is 10.6 Å². The number of nitrogens with one attached hydrogen (secondary N) is 2. The van der Waals surface area contributed by atoms with Crippen molar-refractivity contribution in [2.24, 2.45) is 0 Å². The molecule has 0 rings (SSSR count). The first-order valence-corrected chi connectivity index (χ1v) is 12.2. The molecule has 0 bridgehead atoms. The molecule has 0 radical (unpaired) electrons. The zero-order valence-corrected chi connectivity index (χ0v) is 21.1. The standard InChI is InChI=1S/C26H40N2O6/c1-5-33-25(31)21(3)27-23(29)19-17-15-13-11-9-7-8-10-12-14-16-18-20-24(30)28-22(4)26(32)34-6-2/h21-22H,5-6,11-20H2,1-4H3,(H,27,29)(H,28,30). The van der Waals surface area contributed by atoms with Gasteiger partial charge in [0.2, 0.25) is 11.8 Å². The van der Waals surface area contributed by atoms with Gasteiger partial charge in [-0.3, -0.25) is 9.59 Å². The van der Waals surface area contributed by atoms with E-state index in [1.165, 1.54) is 0 Å². The highest BCUT2D eigenvalue weighted by atomic mass is 16.5. The molecule has 0 spiro atoms. The van der Waals surface area contributed by atoms with E-state index in [0.29, 0.717) is 26.1 Å². The lowest BCUT2D eigenvalue weighted by Gasteiger charge is -2.12. The molecule has 0 saturated heterocycles. The van der Waals surface area contributed by atoms with Crippen LogP contribution in [0.3, 0.4) is 0 Å². The van der Waals surface area contributed by atoms with Crippen LogP contribution in [0.25, 0.3) is 0 Å². The quantitative estimate of drug-likeness (QED) is 0.201. The monoisotopic (exact) mass is 476 g/mol. The second-order valence-corrected chi connectivity index (χ2v) is 7.81. The summed E-state index contributed by atoms with van der Waals surface area (Å²) in [6.07, 6.45) is 7.27. The van der Waals surface area contributed by atoms with Gasteiger partial charge in [-0.2, -0.15) is 0 Å². The van der Waals surface area contributed by atoms with Crippen molar-refractivity contribution in [3.63, 3.8) is 0 Å². The number of carbonyl (C=O) groups is 4. The van der Waals surface area contributed by atoms with Crippen LogP contribution in [0, 0.1) is 23.7 Å². The first-order chi connectivity index (χ1) is 16.3. The van der Waals surface area contributed by atoms with Crippen LogP contribution in [0.4, 0.5) is 0 Å². The van der Waals surface area contributed by atoms with E-state index in [1.54, 1.807) is 27.7 Å². The molecule has 2 N–H and O–H groups in total. The van der Waals surface area contributed by atoms with Crippen LogP contribution in [0.5, 0.6) is 0 Å². The van der Waals surface area contributed by atoms with Gasteiger partial charge in [-0.25, -0.2) is 9.59 Å². The molecule has 8 nitrogen and oxygen atoms in total. The lowest BCUT2D eigenvalue weighted by atomic mass is 10.1. The van der Waals surface area contributed by atoms with Crippen molar-refractivity contribution < 1.29 is 28.7 Å². The molecule has 2 amide bonds. The molecule has 0 aliphatic heterocycles. The summed E-state index contributed by atoms with van der Waals surface area (Å²) in [6.45, 7) is 7.27. The summed E-state index contributed by atoms with van der Waals surface area (Å²) in [5.74, 6) is 10.6. The Labute approximate surface area is 204 Å². The van der Waals surface area contributed by atoms with E-state index in [4.69, 9.17) is 9.47 Å². The number of unbranched alkanes of at least 4 members (excludes halogenated alkanes) is 6. The average Bonchev–Trinajstić information content (AvgIpc) is 2.79. The zero-order valence-electron chi connectivity index (χ0n) is 21.1. The van der Waals surface area contributed by atoms with Gasteiger partial charge in [0.05, 0.1) is 13.2 Å². The molecule has 0 aromatic heterocycles. The molecular weight excluding hydrogens is 436 g/mol.